The fourth-order valence-electron chi connectivity index (χ4n) is 1.81. The molecule has 2 aromatic rings. The SMILES string of the molecule is COc1cccc(C(=O)/C=C/Nc2ccccc2C)c1. The van der Waals surface area contributed by atoms with Crippen molar-refractivity contribution in [3.63, 3.8) is 0 Å². The molecule has 0 aromatic heterocycles. The lowest BCUT2D eigenvalue weighted by molar-refractivity contribution is 0.104. The Balaban J connectivity index is 2.04. The van der Waals surface area contributed by atoms with Gasteiger partial charge in [-0.2, -0.15) is 0 Å². The zero-order valence-corrected chi connectivity index (χ0v) is 11.6. The minimum Gasteiger partial charge on any atom is -0.497 e. The van der Waals surface area contributed by atoms with Gasteiger partial charge in [0.25, 0.3) is 0 Å². The van der Waals surface area contributed by atoms with Crippen LogP contribution in [0.1, 0.15) is 15.9 Å². The van der Waals surface area contributed by atoms with Gasteiger partial charge in [-0.25, -0.2) is 0 Å². The van der Waals surface area contributed by atoms with Crippen LogP contribution in [-0.4, -0.2) is 12.9 Å². The summed E-state index contributed by atoms with van der Waals surface area (Å²) in [6.07, 6.45) is 3.17. The van der Waals surface area contributed by atoms with Gasteiger partial charge < -0.3 is 10.1 Å². The molecule has 0 saturated heterocycles. The summed E-state index contributed by atoms with van der Waals surface area (Å²) in [5.41, 5.74) is 2.72. The number of rotatable bonds is 5. The first-order chi connectivity index (χ1) is 9.70. The van der Waals surface area contributed by atoms with Crippen molar-refractivity contribution < 1.29 is 9.53 Å². The smallest absolute Gasteiger partial charge is 0.187 e. The maximum atomic E-state index is 12.0. The lowest BCUT2D eigenvalue weighted by atomic mass is 10.1. The first-order valence-corrected chi connectivity index (χ1v) is 6.38. The molecule has 0 aliphatic rings. The van der Waals surface area contributed by atoms with Crippen molar-refractivity contribution in [2.75, 3.05) is 12.4 Å². The number of ether oxygens (including phenoxy) is 1. The van der Waals surface area contributed by atoms with E-state index < -0.39 is 0 Å². The molecular formula is C17H17NO2. The number of ketones is 1. The average molecular weight is 267 g/mol. The molecule has 3 nitrogen and oxygen atoms in total. The van der Waals surface area contributed by atoms with Gasteiger partial charge in [0.15, 0.2) is 5.78 Å². The summed E-state index contributed by atoms with van der Waals surface area (Å²) in [5.74, 6) is 0.612. The Hall–Kier alpha value is -2.55. The number of carbonyl (C=O) groups is 1. The molecule has 0 radical (unpaired) electrons. The zero-order chi connectivity index (χ0) is 14.4. The number of anilines is 1. The van der Waals surface area contributed by atoms with Gasteiger partial charge in [0, 0.05) is 23.5 Å². The third-order valence-corrected chi connectivity index (χ3v) is 2.97. The highest BCUT2D eigenvalue weighted by Gasteiger charge is 2.02. The Morgan fingerprint density at radius 2 is 1.95 bits per heavy atom. The van der Waals surface area contributed by atoms with Gasteiger partial charge >= 0.3 is 0 Å². The molecule has 0 unspecified atom stereocenters. The second-order valence-corrected chi connectivity index (χ2v) is 4.39. The van der Waals surface area contributed by atoms with Gasteiger partial charge in [-0.1, -0.05) is 30.3 Å². The summed E-state index contributed by atoms with van der Waals surface area (Å²) in [6.45, 7) is 2.01. The molecule has 0 amide bonds. The van der Waals surface area contributed by atoms with Crippen LogP contribution in [0.4, 0.5) is 5.69 Å². The predicted molar refractivity (Wildman–Crippen MR) is 81.3 cm³/mol. The van der Waals surface area contributed by atoms with Gasteiger partial charge in [0.05, 0.1) is 7.11 Å². The van der Waals surface area contributed by atoms with Crippen LogP contribution < -0.4 is 10.1 Å². The first kappa shape index (κ1) is 13.9. The summed E-state index contributed by atoms with van der Waals surface area (Å²) in [4.78, 5) is 12.0. The molecule has 1 N–H and O–H groups in total. The molecule has 0 bridgehead atoms. The maximum Gasteiger partial charge on any atom is 0.187 e. The van der Waals surface area contributed by atoms with E-state index in [1.165, 1.54) is 6.08 Å². The molecule has 0 heterocycles. The van der Waals surface area contributed by atoms with E-state index >= 15 is 0 Å². The summed E-state index contributed by atoms with van der Waals surface area (Å²) in [6, 6.07) is 15.0. The Morgan fingerprint density at radius 1 is 1.15 bits per heavy atom. The summed E-state index contributed by atoms with van der Waals surface area (Å²) >= 11 is 0. The molecule has 20 heavy (non-hydrogen) atoms. The van der Waals surface area contributed by atoms with Gasteiger partial charge in [-0.05, 0) is 30.7 Å². The number of benzene rings is 2. The number of hydrogen-bond donors (Lipinski definition) is 1. The van der Waals surface area contributed by atoms with Crippen LogP contribution in [0.5, 0.6) is 5.75 Å². The van der Waals surface area contributed by atoms with E-state index in [4.69, 9.17) is 4.74 Å². The fourth-order valence-corrected chi connectivity index (χ4v) is 1.81. The van der Waals surface area contributed by atoms with Gasteiger partial charge in [0.1, 0.15) is 5.75 Å². The molecule has 0 saturated carbocycles. The highest BCUT2D eigenvalue weighted by molar-refractivity contribution is 6.04. The fraction of sp³-hybridized carbons (Fsp3) is 0.118. The Morgan fingerprint density at radius 3 is 2.70 bits per heavy atom. The van der Waals surface area contributed by atoms with Gasteiger partial charge in [-0.15, -0.1) is 0 Å². The van der Waals surface area contributed by atoms with Crippen molar-refractivity contribution in [1.82, 2.24) is 0 Å². The molecule has 0 atom stereocenters. The topological polar surface area (TPSA) is 38.3 Å². The summed E-state index contributed by atoms with van der Waals surface area (Å²) in [7, 11) is 1.58. The molecule has 2 rings (SSSR count). The van der Waals surface area contributed by atoms with Crippen LogP contribution in [0.3, 0.4) is 0 Å². The van der Waals surface area contributed by atoms with Crippen molar-refractivity contribution in [3.8, 4) is 5.75 Å². The van der Waals surface area contributed by atoms with E-state index in [0.29, 0.717) is 11.3 Å². The molecule has 0 aliphatic heterocycles. The van der Waals surface area contributed by atoms with Gasteiger partial charge in [-0.3, -0.25) is 4.79 Å². The Labute approximate surface area is 118 Å². The van der Waals surface area contributed by atoms with Crippen molar-refractivity contribution in [2.45, 2.75) is 6.92 Å². The molecular weight excluding hydrogens is 250 g/mol. The number of para-hydroxylation sites is 1. The Kier molecular flexibility index (Phi) is 4.56. The second kappa shape index (κ2) is 6.57. The van der Waals surface area contributed by atoms with Crippen LogP contribution in [0, 0.1) is 6.92 Å². The highest BCUT2D eigenvalue weighted by Crippen LogP contribution is 2.14. The third-order valence-electron chi connectivity index (χ3n) is 2.97. The van der Waals surface area contributed by atoms with E-state index in [2.05, 4.69) is 5.32 Å². The first-order valence-electron chi connectivity index (χ1n) is 6.38. The summed E-state index contributed by atoms with van der Waals surface area (Å²) < 4.78 is 5.10. The number of nitrogens with one attached hydrogen (secondary N) is 1. The quantitative estimate of drug-likeness (QED) is 0.661. The van der Waals surface area contributed by atoms with Crippen LogP contribution in [0.2, 0.25) is 0 Å². The van der Waals surface area contributed by atoms with Crippen LogP contribution >= 0.6 is 0 Å². The van der Waals surface area contributed by atoms with E-state index in [1.807, 2.05) is 37.3 Å². The molecule has 0 fully saturated rings. The zero-order valence-electron chi connectivity index (χ0n) is 11.6. The molecule has 0 spiro atoms. The Bertz CT molecular complexity index is 632. The lowest BCUT2D eigenvalue weighted by Gasteiger charge is -2.04. The van der Waals surface area contributed by atoms with Crippen molar-refractivity contribution in [3.05, 3.63) is 71.9 Å². The van der Waals surface area contributed by atoms with E-state index in [9.17, 15) is 4.79 Å². The van der Waals surface area contributed by atoms with Crippen LogP contribution in [0.15, 0.2) is 60.8 Å². The number of hydrogen-bond acceptors (Lipinski definition) is 3. The van der Waals surface area contributed by atoms with Crippen molar-refractivity contribution in [2.24, 2.45) is 0 Å². The van der Waals surface area contributed by atoms with Crippen LogP contribution in [0.25, 0.3) is 0 Å². The van der Waals surface area contributed by atoms with E-state index in [-0.39, 0.29) is 5.78 Å². The molecule has 0 aliphatic carbocycles. The normalized spacial score (nSPS) is 10.5. The van der Waals surface area contributed by atoms with Crippen molar-refractivity contribution >= 4 is 11.5 Å². The largest absolute Gasteiger partial charge is 0.497 e. The van der Waals surface area contributed by atoms with E-state index in [0.717, 1.165) is 11.3 Å². The minimum absolute atomic E-state index is 0.0648. The second-order valence-electron chi connectivity index (χ2n) is 4.39. The van der Waals surface area contributed by atoms with Crippen LogP contribution in [-0.2, 0) is 0 Å². The third kappa shape index (κ3) is 3.48. The van der Waals surface area contributed by atoms with Gasteiger partial charge in [0.2, 0.25) is 0 Å². The molecule has 3 heteroatoms. The number of aryl methyl sites for hydroxylation is 1. The highest BCUT2D eigenvalue weighted by atomic mass is 16.5. The number of carbonyl (C=O) groups excluding carboxylic acids is 1. The maximum absolute atomic E-state index is 12.0. The minimum atomic E-state index is -0.0648. The standard InChI is InChI=1S/C17H17NO2/c1-13-6-3-4-9-16(13)18-11-10-17(19)14-7-5-8-15(12-14)20-2/h3-12,18H,1-2H3/b11-10+. The number of methoxy groups -OCH3 is 1. The summed E-state index contributed by atoms with van der Waals surface area (Å²) in [5, 5.41) is 3.11. The van der Waals surface area contributed by atoms with Crippen molar-refractivity contribution in [1.29, 1.82) is 0 Å². The average Bonchev–Trinajstić information content (AvgIpc) is 2.49. The molecule has 2 aromatic carbocycles. The lowest BCUT2D eigenvalue weighted by Crippen LogP contribution is -1.97. The molecule has 102 valence electrons. The number of allylic oxidation sites excluding steroid dienone is 1. The van der Waals surface area contributed by atoms with E-state index in [1.54, 1.807) is 31.5 Å². The monoisotopic (exact) mass is 267 g/mol. The predicted octanol–water partition coefficient (Wildman–Crippen LogP) is 3.81.